The molecule has 0 unspecified atom stereocenters. The quantitative estimate of drug-likeness (QED) is 0.467. The number of ether oxygens (including phenoxy) is 1. The highest BCUT2D eigenvalue weighted by Crippen LogP contribution is 2.34. The summed E-state index contributed by atoms with van der Waals surface area (Å²) < 4.78 is 73.7. The summed E-state index contributed by atoms with van der Waals surface area (Å²) in [7, 11) is -5.04. The van der Waals surface area contributed by atoms with E-state index in [1.807, 2.05) is 0 Å². The maximum absolute atomic E-state index is 12.4. The summed E-state index contributed by atoms with van der Waals surface area (Å²) in [5.41, 5.74) is -1.23. The molecule has 0 saturated heterocycles. The highest BCUT2D eigenvalue weighted by atomic mass is 32.2. The smallest absolute Gasteiger partial charge is 0.416 e. The fourth-order valence-corrected chi connectivity index (χ4v) is 1.71. The molecule has 0 heterocycles. The number of hydrogen-bond donors (Lipinski definition) is 0. The van der Waals surface area contributed by atoms with Gasteiger partial charge < -0.3 is 9.29 Å². The molecule has 0 aliphatic heterocycles. The molecule has 9 heteroatoms. The zero-order chi connectivity index (χ0) is 14.1. The second-order valence-electron chi connectivity index (χ2n) is 3.21. The molecule has 0 atom stereocenters. The Labute approximate surface area is 99.9 Å². The minimum Gasteiger partial charge on any atom is -0.744 e. The van der Waals surface area contributed by atoms with Crippen molar-refractivity contribution in [2.24, 2.45) is 0 Å². The van der Waals surface area contributed by atoms with Gasteiger partial charge in [-0.05, 0) is 18.2 Å². The van der Waals surface area contributed by atoms with Gasteiger partial charge >= 0.3 is 12.1 Å². The lowest BCUT2D eigenvalue weighted by Crippen LogP contribution is -2.11. The van der Waals surface area contributed by atoms with Gasteiger partial charge in [0, 0.05) is 6.92 Å². The summed E-state index contributed by atoms with van der Waals surface area (Å²) in [6.07, 6.45) is -4.75. The first kappa shape index (κ1) is 14.5. The van der Waals surface area contributed by atoms with Gasteiger partial charge in [-0.15, -0.1) is 0 Å². The lowest BCUT2D eigenvalue weighted by molar-refractivity contribution is -0.138. The summed E-state index contributed by atoms with van der Waals surface area (Å²) in [5, 5.41) is 0. The van der Waals surface area contributed by atoms with Gasteiger partial charge in [-0.3, -0.25) is 4.79 Å². The van der Waals surface area contributed by atoms with Crippen molar-refractivity contribution in [3.63, 3.8) is 0 Å². The number of carbonyl (C=O) groups is 1. The number of carbonyl (C=O) groups excluding carboxylic acids is 1. The fourth-order valence-electron chi connectivity index (χ4n) is 1.13. The third-order valence-corrected chi connectivity index (χ3v) is 2.67. The van der Waals surface area contributed by atoms with Gasteiger partial charge in [-0.1, -0.05) is 0 Å². The van der Waals surface area contributed by atoms with E-state index in [9.17, 15) is 30.9 Å². The molecule has 0 aliphatic rings. The minimum absolute atomic E-state index is 0.284. The molecule has 0 radical (unpaired) electrons. The Morgan fingerprint density at radius 2 is 1.89 bits per heavy atom. The van der Waals surface area contributed by atoms with E-state index in [4.69, 9.17) is 0 Å². The molecule has 0 amide bonds. The van der Waals surface area contributed by atoms with Crippen molar-refractivity contribution >= 4 is 16.1 Å². The van der Waals surface area contributed by atoms with Crippen molar-refractivity contribution < 1.29 is 35.7 Å². The molecule has 0 spiro atoms. The standard InChI is InChI=1S/C9H7F3O5S/c1-5(13)17-7-4-6(9(10,11)12)2-3-8(7)18(14,15)16/h2-4H,1H3,(H,14,15,16)/p-1. The number of rotatable bonds is 2. The summed E-state index contributed by atoms with van der Waals surface area (Å²) in [5.74, 6) is -1.98. The van der Waals surface area contributed by atoms with Crippen LogP contribution in [0, 0.1) is 0 Å². The van der Waals surface area contributed by atoms with E-state index >= 15 is 0 Å². The molecular weight excluding hydrogens is 277 g/mol. The van der Waals surface area contributed by atoms with Gasteiger partial charge in [0.1, 0.15) is 15.9 Å². The number of halogens is 3. The Hall–Kier alpha value is -1.61. The van der Waals surface area contributed by atoms with Gasteiger partial charge in [0.25, 0.3) is 0 Å². The number of alkyl halides is 3. The van der Waals surface area contributed by atoms with Crippen LogP contribution in [-0.2, 0) is 21.1 Å². The molecule has 100 valence electrons. The van der Waals surface area contributed by atoms with Crippen LogP contribution >= 0.6 is 0 Å². The third kappa shape index (κ3) is 3.44. The van der Waals surface area contributed by atoms with E-state index in [1.54, 1.807) is 0 Å². The maximum Gasteiger partial charge on any atom is 0.416 e. The molecule has 18 heavy (non-hydrogen) atoms. The zero-order valence-electron chi connectivity index (χ0n) is 8.82. The highest BCUT2D eigenvalue weighted by molar-refractivity contribution is 7.85. The van der Waals surface area contributed by atoms with E-state index in [0.717, 1.165) is 6.92 Å². The van der Waals surface area contributed by atoms with Crippen LogP contribution in [0.25, 0.3) is 0 Å². The monoisotopic (exact) mass is 283 g/mol. The largest absolute Gasteiger partial charge is 0.744 e. The third-order valence-electron chi connectivity index (χ3n) is 1.79. The Kier molecular flexibility index (Phi) is 3.67. The van der Waals surface area contributed by atoms with E-state index in [1.165, 1.54) is 0 Å². The van der Waals surface area contributed by atoms with Crippen molar-refractivity contribution in [1.82, 2.24) is 0 Å². The number of benzene rings is 1. The van der Waals surface area contributed by atoms with Crippen molar-refractivity contribution in [2.45, 2.75) is 18.0 Å². The predicted molar refractivity (Wildman–Crippen MR) is 50.7 cm³/mol. The van der Waals surface area contributed by atoms with Crippen LogP contribution in [0.5, 0.6) is 5.75 Å². The van der Waals surface area contributed by atoms with Crippen LogP contribution in [0.3, 0.4) is 0 Å². The Bertz CT molecular complexity index is 576. The second kappa shape index (κ2) is 4.58. The fraction of sp³-hybridized carbons (Fsp3) is 0.222. The van der Waals surface area contributed by atoms with Gasteiger partial charge in [0.15, 0.2) is 0 Å². The minimum atomic E-state index is -5.04. The zero-order valence-corrected chi connectivity index (χ0v) is 9.63. The Balaban J connectivity index is 3.44. The number of esters is 1. The van der Waals surface area contributed by atoms with Crippen LogP contribution in [0.4, 0.5) is 13.2 Å². The van der Waals surface area contributed by atoms with Crippen LogP contribution < -0.4 is 4.74 Å². The Morgan fingerprint density at radius 1 is 1.33 bits per heavy atom. The molecule has 0 bridgehead atoms. The van der Waals surface area contributed by atoms with Gasteiger partial charge in [-0.25, -0.2) is 8.42 Å². The van der Waals surface area contributed by atoms with E-state index < -0.39 is 38.5 Å². The van der Waals surface area contributed by atoms with Crippen molar-refractivity contribution in [3.8, 4) is 5.75 Å². The predicted octanol–water partition coefficient (Wildman–Crippen LogP) is 1.53. The molecule has 0 aromatic heterocycles. The summed E-state index contributed by atoms with van der Waals surface area (Å²) in [6.45, 7) is 0.863. The van der Waals surface area contributed by atoms with Crippen molar-refractivity contribution in [3.05, 3.63) is 23.8 Å². The average molecular weight is 283 g/mol. The van der Waals surface area contributed by atoms with E-state index in [2.05, 4.69) is 4.74 Å². The maximum atomic E-state index is 12.4. The molecule has 1 aromatic rings. The first-order chi connectivity index (χ1) is 8.01. The average Bonchev–Trinajstić information content (AvgIpc) is 2.13. The number of hydrogen-bond acceptors (Lipinski definition) is 5. The van der Waals surface area contributed by atoms with Gasteiger partial charge in [-0.2, -0.15) is 13.2 Å². The normalized spacial score (nSPS) is 12.3. The van der Waals surface area contributed by atoms with Crippen LogP contribution in [0.2, 0.25) is 0 Å². The Morgan fingerprint density at radius 3 is 2.28 bits per heavy atom. The highest BCUT2D eigenvalue weighted by Gasteiger charge is 2.32. The van der Waals surface area contributed by atoms with Crippen LogP contribution in [0.1, 0.15) is 12.5 Å². The summed E-state index contributed by atoms with van der Waals surface area (Å²) in [6, 6.07) is 1.15. The topological polar surface area (TPSA) is 83.5 Å². The lowest BCUT2D eigenvalue weighted by Gasteiger charge is -2.14. The first-order valence-electron chi connectivity index (χ1n) is 4.37. The lowest BCUT2D eigenvalue weighted by atomic mass is 10.2. The molecule has 0 aliphatic carbocycles. The molecule has 0 N–H and O–H groups in total. The molecule has 0 saturated carbocycles. The van der Waals surface area contributed by atoms with Crippen LogP contribution in [0.15, 0.2) is 23.1 Å². The molecule has 1 aromatic carbocycles. The molecule has 1 rings (SSSR count). The molecule has 5 nitrogen and oxygen atoms in total. The van der Waals surface area contributed by atoms with Gasteiger partial charge in [0.2, 0.25) is 0 Å². The summed E-state index contributed by atoms with van der Waals surface area (Å²) >= 11 is 0. The molecule has 0 fully saturated rings. The van der Waals surface area contributed by atoms with E-state index in [-0.39, 0.29) is 6.07 Å². The molecular formula is C9H6F3O5S-. The van der Waals surface area contributed by atoms with Crippen LogP contribution in [-0.4, -0.2) is 18.9 Å². The summed E-state index contributed by atoms with van der Waals surface area (Å²) in [4.78, 5) is 9.63. The van der Waals surface area contributed by atoms with Crippen molar-refractivity contribution in [2.75, 3.05) is 0 Å². The van der Waals surface area contributed by atoms with Gasteiger partial charge in [0.05, 0.1) is 10.5 Å². The van der Waals surface area contributed by atoms with E-state index in [0.29, 0.717) is 12.1 Å². The first-order valence-corrected chi connectivity index (χ1v) is 5.78. The second-order valence-corrected chi connectivity index (χ2v) is 4.56. The SMILES string of the molecule is CC(=O)Oc1cc(C(F)(F)F)ccc1S(=O)(=O)[O-]. The van der Waals surface area contributed by atoms with Crippen molar-refractivity contribution in [1.29, 1.82) is 0 Å².